The van der Waals surface area contributed by atoms with E-state index in [0.29, 0.717) is 23.9 Å². The van der Waals surface area contributed by atoms with Crippen LogP contribution in [-0.2, 0) is 33.3 Å². The quantitative estimate of drug-likeness (QED) is 0.0195. The van der Waals surface area contributed by atoms with Crippen molar-refractivity contribution in [2.45, 2.75) is 367 Å². The van der Waals surface area contributed by atoms with Crippen LogP contribution in [0, 0.1) is 0 Å². The van der Waals surface area contributed by atoms with Crippen LogP contribution in [0.2, 0.25) is 0 Å². The molecule has 0 saturated heterocycles. The number of unbranched alkanes of at least 4 members (excludes halogenated alkanes) is 43. The highest BCUT2D eigenvalue weighted by Crippen LogP contribution is 2.19. The number of esters is 2. The second kappa shape index (κ2) is 69.6. The summed E-state index contributed by atoms with van der Waals surface area (Å²) >= 11 is 0. The number of ether oxygens (including phenoxy) is 4. The first kappa shape index (κ1) is 84.7. The molecule has 0 spiro atoms. The van der Waals surface area contributed by atoms with Gasteiger partial charge in [-0.1, -0.05) is 350 Å². The highest BCUT2D eigenvalue weighted by Gasteiger charge is 2.22. The molecule has 0 aromatic rings. The Morgan fingerprint density at radius 2 is 0.648 bits per heavy atom. The van der Waals surface area contributed by atoms with E-state index < -0.39 is 24.3 Å². The van der Waals surface area contributed by atoms with Gasteiger partial charge in [0.15, 0.2) is 12.4 Å². The lowest BCUT2D eigenvalue weighted by atomic mass is 10.0. The number of carboxylic acid groups (broad SMARTS) is 1. The summed E-state index contributed by atoms with van der Waals surface area (Å²) in [6, 6.07) is 0. The van der Waals surface area contributed by atoms with Crippen LogP contribution in [0.5, 0.6) is 0 Å². The Labute approximate surface area is 545 Å². The number of aliphatic carboxylic acids is 1. The Morgan fingerprint density at radius 3 is 0.966 bits per heavy atom. The zero-order chi connectivity index (χ0) is 64.0. The number of nitrogens with zero attached hydrogens (tertiary/aromatic N) is 1. The number of allylic oxidation sites excluding steroid dienone is 12. The number of hydrogen-bond donors (Lipinski definition) is 0. The van der Waals surface area contributed by atoms with Crippen molar-refractivity contribution >= 4 is 17.9 Å². The average Bonchev–Trinajstić information content (AvgIpc) is 3.52. The third-order valence-corrected chi connectivity index (χ3v) is 16.7. The number of carbonyl (C=O) groups is 3. The van der Waals surface area contributed by atoms with E-state index in [2.05, 4.69) is 86.8 Å². The number of quaternary nitrogens is 1. The normalized spacial score (nSPS) is 13.1. The summed E-state index contributed by atoms with van der Waals surface area (Å²) < 4.78 is 22.8. The monoisotopic (exact) mass is 1230 g/mol. The molecule has 2 atom stereocenters. The van der Waals surface area contributed by atoms with Crippen LogP contribution in [0.15, 0.2) is 72.9 Å². The van der Waals surface area contributed by atoms with Crippen LogP contribution in [-0.4, -0.2) is 82.3 Å². The maximum atomic E-state index is 13.0. The zero-order valence-corrected chi connectivity index (χ0v) is 58.6. The van der Waals surface area contributed by atoms with Gasteiger partial charge in [-0.15, -0.1) is 0 Å². The van der Waals surface area contributed by atoms with Gasteiger partial charge in [-0.05, 0) is 64.2 Å². The van der Waals surface area contributed by atoms with Gasteiger partial charge in [0.2, 0.25) is 0 Å². The minimum atomic E-state index is -1.62. The lowest BCUT2D eigenvalue weighted by Gasteiger charge is -2.26. The Balaban J connectivity index is 4.00. The molecule has 512 valence electrons. The van der Waals surface area contributed by atoms with Crippen LogP contribution in [0.25, 0.3) is 0 Å². The molecule has 88 heavy (non-hydrogen) atoms. The Kier molecular flexibility index (Phi) is 67.0. The predicted molar refractivity (Wildman–Crippen MR) is 375 cm³/mol. The fraction of sp³-hybridized carbons (Fsp3) is 0.810. The molecule has 2 unspecified atom stereocenters. The van der Waals surface area contributed by atoms with Crippen molar-refractivity contribution in [1.29, 1.82) is 0 Å². The second-order valence-electron chi connectivity index (χ2n) is 26.6. The molecule has 0 aliphatic carbocycles. The maximum Gasteiger partial charge on any atom is 0.306 e. The average molecular weight is 1240 g/mol. The van der Waals surface area contributed by atoms with Crippen LogP contribution in [0.1, 0.15) is 354 Å². The number of rotatable bonds is 70. The third kappa shape index (κ3) is 70.2. The summed E-state index contributed by atoms with van der Waals surface area (Å²) in [5.74, 6) is -2.26. The Hall–Kier alpha value is -3.27. The number of likely N-dealkylation sites (N-methyl/N-ethyl adjacent to an activating group) is 1. The van der Waals surface area contributed by atoms with E-state index >= 15 is 0 Å². The highest BCUT2D eigenvalue weighted by atomic mass is 16.7. The van der Waals surface area contributed by atoms with Crippen molar-refractivity contribution in [1.82, 2.24) is 0 Å². The fourth-order valence-electron chi connectivity index (χ4n) is 11.0. The summed E-state index contributed by atoms with van der Waals surface area (Å²) in [4.78, 5) is 37.5. The smallest absolute Gasteiger partial charge is 0.306 e. The largest absolute Gasteiger partial charge is 0.545 e. The van der Waals surface area contributed by atoms with Gasteiger partial charge in [-0.2, -0.15) is 0 Å². The van der Waals surface area contributed by atoms with Crippen LogP contribution < -0.4 is 5.11 Å². The molecule has 0 N–H and O–H groups in total. The van der Waals surface area contributed by atoms with E-state index in [9.17, 15) is 19.5 Å². The fourth-order valence-corrected chi connectivity index (χ4v) is 11.0. The van der Waals surface area contributed by atoms with Crippen molar-refractivity contribution < 1.29 is 42.9 Å². The van der Waals surface area contributed by atoms with Gasteiger partial charge in [0, 0.05) is 12.8 Å². The lowest BCUT2D eigenvalue weighted by Crippen LogP contribution is -2.44. The second-order valence-corrected chi connectivity index (χ2v) is 26.6. The maximum absolute atomic E-state index is 13.0. The van der Waals surface area contributed by atoms with E-state index in [-0.39, 0.29) is 32.2 Å². The first-order valence-corrected chi connectivity index (χ1v) is 37.6. The van der Waals surface area contributed by atoms with E-state index in [4.69, 9.17) is 18.9 Å². The minimum absolute atomic E-state index is 0.150. The molecule has 9 nitrogen and oxygen atoms in total. The van der Waals surface area contributed by atoms with Crippen molar-refractivity contribution in [3.63, 3.8) is 0 Å². The summed E-state index contributed by atoms with van der Waals surface area (Å²) in [6.07, 6.45) is 90.1. The summed E-state index contributed by atoms with van der Waals surface area (Å²) in [6.45, 7) is 4.70. The van der Waals surface area contributed by atoms with E-state index in [1.807, 2.05) is 21.1 Å². The molecule has 0 fully saturated rings. The molecule has 0 heterocycles. The molecule has 0 radical (unpaired) electrons. The summed E-state index contributed by atoms with van der Waals surface area (Å²) in [7, 11) is 5.94. The van der Waals surface area contributed by atoms with E-state index in [1.54, 1.807) is 0 Å². The van der Waals surface area contributed by atoms with Gasteiger partial charge in [0.05, 0.1) is 40.3 Å². The standard InChI is InChI=1S/C79H143NO8/c1-6-8-10-12-14-16-18-20-22-24-26-28-30-32-33-34-35-36-37-38-39-40-41-42-43-44-45-46-48-50-52-54-56-58-60-62-64-66-68-70-77(82)88-75(74-87-79(78(83)84)85-72-71-80(3,4)5)73-86-76(81)69-67-65-63-61-59-57-55-53-51-49-47-31-29-27-25-23-21-19-17-15-13-11-9-7-2/h8,10,14,16,20,22,26,28,32-33,35-36,75,79H,6-7,9,11-13,15,17-19,21,23-25,27,29-31,34,37-74H2,1-5H3/b10-8-,16-14-,22-20-,28-26-,33-32-,36-35-. The molecule has 0 rings (SSSR count). The van der Waals surface area contributed by atoms with Gasteiger partial charge in [0.1, 0.15) is 13.2 Å². The molecule has 0 aliphatic rings. The highest BCUT2D eigenvalue weighted by molar-refractivity contribution is 5.70. The molecule has 0 aromatic carbocycles. The zero-order valence-electron chi connectivity index (χ0n) is 58.6. The first-order valence-electron chi connectivity index (χ1n) is 37.6. The minimum Gasteiger partial charge on any atom is -0.545 e. The lowest BCUT2D eigenvalue weighted by molar-refractivity contribution is -0.870. The van der Waals surface area contributed by atoms with E-state index in [0.717, 1.165) is 70.6 Å². The molecular formula is C79H143NO8. The van der Waals surface area contributed by atoms with Crippen LogP contribution >= 0.6 is 0 Å². The summed E-state index contributed by atoms with van der Waals surface area (Å²) in [5, 5.41) is 11.8. The Bertz CT molecular complexity index is 1680. The molecule has 0 amide bonds. The van der Waals surface area contributed by atoms with Gasteiger partial charge < -0.3 is 33.3 Å². The van der Waals surface area contributed by atoms with Crippen molar-refractivity contribution in [2.24, 2.45) is 0 Å². The van der Waals surface area contributed by atoms with Crippen molar-refractivity contribution in [3.05, 3.63) is 72.9 Å². The third-order valence-electron chi connectivity index (χ3n) is 16.7. The number of hydrogen-bond acceptors (Lipinski definition) is 8. The molecule has 0 saturated carbocycles. The summed E-state index contributed by atoms with van der Waals surface area (Å²) in [5.41, 5.74) is 0. The van der Waals surface area contributed by atoms with Crippen LogP contribution in [0.3, 0.4) is 0 Å². The number of carboxylic acids is 1. The molecular weight excluding hydrogens is 1090 g/mol. The van der Waals surface area contributed by atoms with Crippen molar-refractivity contribution in [3.8, 4) is 0 Å². The molecule has 9 heteroatoms. The van der Waals surface area contributed by atoms with Crippen molar-refractivity contribution in [2.75, 3.05) is 47.5 Å². The molecule has 0 aliphatic heterocycles. The van der Waals surface area contributed by atoms with Gasteiger partial charge >= 0.3 is 11.9 Å². The SMILES string of the molecule is CC/C=C\C/C=C\C/C=C\C/C=C\C/C=C\C/C=C\CCCCCCCCCCCCCCCCCCCCCCC(=O)OC(COC(=O)CCCCCCCCCCCCCCCCCCCCCCCCCC)COC(OCC[N+](C)(C)C)C(=O)[O-]. The van der Waals surface area contributed by atoms with Gasteiger partial charge in [-0.25, -0.2) is 0 Å². The number of carbonyl (C=O) groups excluding carboxylic acids is 3. The molecule has 0 aromatic heterocycles. The molecule has 0 bridgehead atoms. The van der Waals surface area contributed by atoms with Gasteiger partial charge in [0.25, 0.3) is 0 Å². The topological polar surface area (TPSA) is 111 Å². The first-order chi connectivity index (χ1) is 43.1. The van der Waals surface area contributed by atoms with Crippen LogP contribution in [0.4, 0.5) is 0 Å². The predicted octanol–water partition coefficient (Wildman–Crippen LogP) is 22.3. The van der Waals surface area contributed by atoms with E-state index in [1.165, 1.54) is 250 Å². The Morgan fingerprint density at radius 1 is 0.352 bits per heavy atom. The van der Waals surface area contributed by atoms with Gasteiger partial charge in [-0.3, -0.25) is 9.59 Å².